The molecule has 0 spiro atoms. The number of nitrogens with one attached hydrogen (secondary N) is 1. The standard InChI is InChI=1S/C16H32N2O3S/c1-5-16(2,3)12-6-8-13(9-7-12)18-15(19)14(17)10-11-22(4,20)21/h12-14H,5-11,17H2,1-4H3,(H,18,19). The Bertz CT molecular complexity index is 466. The molecule has 0 aromatic rings. The van der Waals surface area contributed by atoms with Crippen LogP contribution in [0.15, 0.2) is 0 Å². The molecule has 1 atom stereocenters. The topological polar surface area (TPSA) is 89.3 Å². The molecule has 6 heteroatoms. The Hall–Kier alpha value is -0.620. The van der Waals surface area contributed by atoms with Gasteiger partial charge in [-0.25, -0.2) is 8.42 Å². The van der Waals surface area contributed by atoms with Crippen LogP contribution in [0.25, 0.3) is 0 Å². The molecular formula is C16H32N2O3S. The lowest BCUT2D eigenvalue weighted by Gasteiger charge is -2.39. The predicted molar refractivity (Wildman–Crippen MR) is 90.3 cm³/mol. The maximum atomic E-state index is 12.0. The quantitative estimate of drug-likeness (QED) is 0.744. The Kier molecular flexibility index (Phi) is 6.86. The fourth-order valence-electron chi connectivity index (χ4n) is 3.09. The van der Waals surface area contributed by atoms with Crippen molar-refractivity contribution in [2.24, 2.45) is 17.1 Å². The molecule has 1 rings (SSSR count). The third-order valence-electron chi connectivity index (χ3n) is 5.23. The summed E-state index contributed by atoms with van der Waals surface area (Å²) in [6.45, 7) is 6.87. The number of hydrogen-bond acceptors (Lipinski definition) is 4. The summed E-state index contributed by atoms with van der Waals surface area (Å²) >= 11 is 0. The number of carbonyl (C=O) groups excluding carboxylic acids is 1. The summed E-state index contributed by atoms with van der Waals surface area (Å²) < 4.78 is 22.2. The van der Waals surface area contributed by atoms with Gasteiger partial charge in [0, 0.05) is 12.3 Å². The molecule has 0 aliphatic heterocycles. The van der Waals surface area contributed by atoms with Crippen LogP contribution in [-0.4, -0.2) is 38.4 Å². The molecule has 1 aliphatic rings. The van der Waals surface area contributed by atoms with Crippen molar-refractivity contribution in [1.82, 2.24) is 5.32 Å². The van der Waals surface area contributed by atoms with Gasteiger partial charge in [-0.2, -0.15) is 0 Å². The van der Waals surface area contributed by atoms with Crippen molar-refractivity contribution in [2.75, 3.05) is 12.0 Å². The van der Waals surface area contributed by atoms with Gasteiger partial charge >= 0.3 is 0 Å². The monoisotopic (exact) mass is 332 g/mol. The summed E-state index contributed by atoms with van der Waals surface area (Å²) in [5, 5.41) is 2.99. The maximum absolute atomic E-state index is 12.0. The fraction of sp³-hybridized carbons (Fsp3) is 0.938. The van der Waals surface area contributed by atoms with Gasteiger partial charge in [0.1, 0.15) is 9.84 Å². The minimum Gasteiger partial charge on any atom is -0.352 e. The summed E-state index contributed by atoms with van der Waals surface area (Å²) in [7, 11) is -3.07. The molecule has 1 saturated carbocycles. The molecule has 1 aliphatic carbocycles. The molecular weight excluding hydrogens is 300 g/mol. The second-order valence-corrected chi connectivity index (χ2v) is 9.68. The van der Waals surface area contributed by atoms with Crippen LogP contribution in [0.4, 0.5) is 0 Å². The van der Waals surface area contributed by atoms with Gasteiger partial charge in [-0.05, 0) is 43.4 Å². The van der Waals surface area contributed by atoms with E-state index in [1.807, 2.05) is 0 Å². The molecule has 130 valence electrons. The van der Waals surface area contributed by atoms with Crippen LogP contribution in [0.3, 0.4) is 0 Å². The van der Waals surface area contributed by atoms with E-state index in [1.165, 1.54) is 6.42 Å². The minimum atomic E-state index is -3.07. The Morgan fingerprint density at radius 3 is 2.27 bits per heavy atom. The summed E-state index contributed by atoms with van der Waals surface area (Å²) in [4.78, 5) is 12.0. The van der Waals surface area contributed by atoms with Gasteiger partial charge in [-0.3, -0.25) is 4.79 Å². The lowest BCUT2D eigenvalue weighted by molar-refractivity contribution is -0.123. The molecule has 0 saturated heterocycles. The number of nitrogens with two attached hydrogens (primary N) is 1. The van der Waals surface area contributed by atoms with Crippen molar-refractivity contribution in [3.63, 3.8) is 0 Å². The lowest BCUT2D eigenvalue weighted by Crippen LogP contribution is -2.47. The zero-order chi connectivity index (χ0) is 17.0. The summed E-state index contributed by atoms with van der Waals surface area (Å²) in [5.41, 5.74) is 6.15. The second kappa shape index (κ2) is 7.77. The van der Waals surface area contributed by atoms with Crippen LogP contribution < -0.4 is 11.1 Å². The van der Waals surface area contributed by atoms with Crippen LogP contribution in [0, 0.1) is 11.3 Å². The van der Waals surface area contributed by atoms with Gasteiger partial charge in [-0.1, -0.05) is 27.2 Å². The van der Waals surface area contributed by atoms with Crippen LogP contribution >= 0.6 is 0 Å². The molecule has 5 nitrogen and oxygen atoms in total. The minimum absolute atomic E-state index is 0.0426. The van der Waals surface area contributed by atoms with Crippen LogP contribution in [0.2, 0.25) is 0 Å². The average molecular weight is 333 g/mol. The van der Waals surface area contributed by atoms with Crippen LogP contribution in [0.1, 0.15) is 59.3 Å². The molecule has 1 fully saturated rings. The van der Waals surface area contributed by atoms with Gasteiger partial charge in [0.2, 0.25) is 5.91 Å². The first-order chi connectivity index (χ1) is 10.0. The van der Waals surface area contributed by atoms with E-state index in [-0.39, 0.29) is 24.1 Å². The molecule has 0 aromatic carbocycles. The highest BCUT2D eigenvalue weighted by atomic mass is 32.2. The van der Waals surface area contributed by atoms with Gasteiger partial charge in [0.15, 0.2) is 0 Å². The van der Waals surface area contributed by atoms with Crippen molar-refractivity contribution < 1.29 is 13.2 Å². The van der Waals surface area contributed by atoms with E-state index in [4.69, 9.17) is 5.73 Å². The first-order valence-electron chi connectivity index (χ1n) is 8.29. The van der Waals surface area contributed by atoms with Crippen molar-refractivity contribution >= 4 is 15.7 Å². The SMILES string of the molecule is CCC(C)(C)C1CCC(NC(=O)C(N)CCS(C)(=O)=O)CC1. The van der Waals surface area contributed by atoms with E-state index < -0.39 is 15.9 Å². The van der Waals surface area contributed by atoms with Gasteiger partial charge in [0.05, 0.1) is 11.8 Å². The van der Waals surface area contributed by atoms with Crippen molar-refractivity contribution in [3.8, 4) is 0 Å². The Labute approximate surface area is 135 Å². The van der Waals surface area contributed by atoms with Crippen molar-refractivity contribution in [2.45, 2.75) is 71.4 Å². The van der Waals surface area contributed by atoms with Gasteiger partial charge < -0.3 is 11.1 Å². The smallest absolute Gasteiger partial charge is 0.237 e. The van der Waals surface area contributed by atoms with Crippen molar-refractivity contribution in [3.05, 3.63) is 0 Å². The third kappa shape index (κ3) is 6.24. The van der Waals surface area contributed by atoms with Gasteiger partial charge in [-0.15, -0.1) is 0 Å². The highest BCUT2D eigenvalue weighted by Crippen LogP contribution is 2.40. The summed E-state index contributed by atoms with van der Waals surface area (Å²) in [6.07, 6.45) is 6.74. The zero-order valence-corrected chi connectivity index (χ0v) is 15.2. The number of hydrogen-bond donors (Lipinski definition) is 2. The normalized spacial score (nSPS) is 24.8. The molecule has 0 heterocycles. The van der Waals surface area contributed by atoms with E-state index in [0.29, 0.717) is 11.3 Å². The molecule has 22 heavy (non-hydrogen) atoms. The first-order valence-corrected chi connectivity index (χ1v) is 10.3. The van der Waals surface area contributed by atoms with Crippen LogP contribution in [0.5, 0.6) is 0 Å². The van der Waals surface area contributed by atoms with E-state index in [9.17, 15) is 13.2 Å². The molecule has 1 unspecified atom stereocenters. The number of sulfone groups is 1. The zero-order valence-electron chi connectivity index (χ0n) is 14.4. The summed E-state index contributed by atoms with van der Waals surface area (Å²) in [5.74, 6) is 0.449. The first kappa shape index (κ1) is 19.4. The van der Waals surface area contributed by atoms with E-state index in [2.05, 4.69) is 26.1 Å². The largest absolute Gasteiger partial charge is 0.352 e. The molecule has 0 radical (unpaired) electrons. The average Bonchev–Trinajstić information content (AvgIpc) is 2.44. The number of amides is 1. The summed E-state index contributed by atoms with van der Waals surface area (Å²) in [6, 6.07) is -0.555. The van der Waals surface area contributed by atoms with Crippen LogP contribution in [-0.2, 0) is 14.6 Å². The third-order valence-corrected chi connectivity index (χ3v) is 6.20. The van der Waals surface area contributed by atoms with E-state index >= 15 is 0 Å². The van der Waals surface area contributed by atoms with Crippen molar-refractivity contribution in [1.29, 1.82) is 0 Å². The maximum Gasteiger partial charge on any atom is 0.237 e. The Morgan fingerprint density at radius 1 is 1.27 bits per heavy atom. The highest BCUT2D eigenvalue weighted by Gasteiger charge is 2.32. The fourth-order valence-corrected chi connectivity index (χ4v) is 3.77. The second-order valence-electron chi connectivity index (χ2n) is 7.42. The number of carbonyl (C=O) groups is 1. The molecule has 1 amide bonds. The number of rotatable bonds is 7. The Balaban J connectivity index is 2.38. The Morgan fingerprint density at radius 2 is 1.82 bits per heavy atom. The molecule has 3 N–H and O–H groups in total. The molecule has 0 bridgehead atoms. The predicted octanol–water partition coefficient (Wildman–Crippen LogP) is 1.86. The molecule has 0 aromatic heterocycles. The van der Waals surface area contributed by atoms with Gasteiger partial charge in [0.25, 0.3) is 0 Å². The lowest BCUT2D eigenvalue weighted by atomic mass is 9.69. The highest BCUT2D eigenvalue weighted by molar-refractivity contribution is 7.90. The van der Waals surface area contributed by atoms with E-state index in [0.717, 1.165) is 31.9 Å². The van der Waals surface area contributed by atoms with E-state index in [1.54, 1.807) is 0 Å².